The van der Waals surface area contributed by atoms with Gasteiger partial charge < -0.3 is 9.47 Å². The van der Waals surface area contributed by atoms with Gasteiger partial charge in [-0.2, -0.15) is 0 Å². The average molecular weight is 285 g/mol. The van der Waals surface area contributed by atoms with Crippen molar-refractivity contribution in [1.29, 1.82) is 0 Å². The number of esters is 1. The maximum Gasteiger partial charge on any atom is 0.340 e. The van der Waals surface area contributed by atoms with E-state index < -0.39 is 5.97 Å². The Balaban J connectivity index is 2.53. The SMILES string of the molecule is COC(=O)c1cnccc1C(=O)c1ccc(C)cc1OC. The van der Waals surface area contributed by atoms with Crippen LogP contribution in [0.5, 0.6) is 5.75 Å². The van der Waals surface area contributed by atoms with Crippen LogP contribution >= 0.6 is 0 Å². The predicted molar refractivity (Wildman–Crippen MR) is 76.7 cm³/mol. The van der Waals surface area contributed by atoms with Crippen molar-refractivity contribution < 1.29 is 19.1 Å². The Labute approximate surface area is 122 Å². The fourth-order valence-electron chi connectivity index (χ4n) is 2.00. The molecule has 0 unspecified atom stereocenters. The lowest BCUT2D eigenvalue weighted by atomic mass is 9.98. The Morgan fingerprint density at radius 2 is 1.81 bits per heavy atom. The Hall–Kier alpha value is -2.69. The lowest BCUT2D eigenvalue weighted by Gasteiger charge is -2.10. The van der Waals surface area contributed by atoms with Crippen molar-refractivity contribution in [2.24, 2.45) is 0 Å². The highest BCUT2D eigenvalue weighted by molar-refractivity contribution is 6.15. The minimum atomic E-state index is -0.600. The number of rotatable bonds is 4. The van der Waals surface area contributed by atoms with E-state index in [2.05, 4.69) is 9.72 Å². The summed E-state index contributed by atoms with van der Waals surface area (Å²) in [6.45, 7) is 1.91. The van der Waals surface area contributed by atoms with Crippen LogP contribution in [-0.4, -0.2) is 31.0 Å². The number of carbonyl (C=O) groups is 2. The van der Waals surface area contributed by atoms with Crippen molar-refractivity contribution in [3.63, 3.8) is 0 Å². The first kappa shape index (κ1) is 14.7. The number of pyridine rings is 1. The molecule has 0 saturated carbocycles. The highest BCUT2D eigenvalue weighted by atomic mass is 16.5. The minimum Gasteiger partial charge on any atom is -0.496 e. The van der Waals surface area contributed by atoms with E-state index >= 15 is 0 Å². The van der Waals surface area contributed by atoms with E-state index in [-0.39, 0.29) is 16.9 Å². The molecule has 0 aliphatic heterocycles. The molecule has 0 radical (unpaired) electrons. The minimum absolute atomic E-state index is 0.132. The molecule has 0 aliphatic rings. The molecule has 0 bridgehead atoms. The van der Waals surface area contributed by atoms with Gasteiger partial charge in [-0.05, 0) is 30.7 Å². The molecule has 2 rings (SSSR count). The predicted octanol–water partition coefficient (Wildman–Crippen LogP) is 2.42. The Kier molecular flexibility index (Phi) is 4.33. The molecule has 0 spiro atoms. The molecule has 0 atom stereocenters. The summed E-state index contributed by atoms with van der Waals surface area (Å²) in [7, 11) is 2.76. The quantitative estimate of drug-likeness (QED) is 0.637. The molecule has 0 N–H and O–H groups in total. The summed E-state index contributed by atoms with van der Waals surface area (Å²) in [6, 6.07) is 6.76. The summed E-state index contributed by atoms with van der Waals surface area (Å²) in [6.07, 6.45) is 2.78. The van der Waals surface area contributed by atoms with Gasteiger partial charge in [-0.25, -0.2) is 4.79 Å². The lowest BCUT2D eigenvalue weighted by molar-refractivity contribution is 0.0597. The van der Waals surface area contributed by atoms with Crippen molar-refractivity contribution in [3.8, 4) is 5.75 Å². The van der Waals surface area contributed by atoms with Crippen LogP contribution in [0.4, 0.5) is 0 Å². The zero-order chi connectivity index (χ0) is 15.4. The van der Waals surface area contributed by atoms with E-state index in [1.807, 2.05) is 13.0 Å². The normalized spacial score (nSPS) is 10.0. The molecule has 108 valence electrons. The van der Waals surface area contributed by atoms with E-state index in [9.17, 15) is 9.59 Å². The molecule has 0 amide bonds. The summed E-state index contributed by atoms with van der Waals surface area (Å²) >= 11 is 0. The topological polar surface area (TPSA) is 65.5 Å². The zero-order valence-electron chi connectivity index (χ0n) is 12.0. The summed E-state index contributed by atoms with van der Waals surface area (Å²) in [5.41, 5.74) is 1.73. The number of ether oxygens (including phenoxy) is 2. The average Bonchev–Trinajstić information content (AvgIpc) is 2.53. The molecule has 5 heteroatoms. The van der Waals surface area contributed by atoms with Crippen LogP contribution in [-0.2, 0) is 4.74 Å². The number of ketones is 1. The third kappa shape index (κ3) is 2.91. The maximum absolute atomic E-state index is 12.7. The van der Waals surface area contributed by atoms with Crippen LogP contribution < -0.4 is 4.74 Å². The third-order valence-electron chi connectivity index (χ3n) is 3.07. The first-order valence-corrected chi connectivity index (χ1v) is 6.30. The maximum atomic E-state index is 12.7. The van der Waals surface area contributed by atoms with E-state index in [1.165, 1.54) is 32.7 Å². The first-order valence-electron chi connectivity index (χ1n) is 6.30. The van der Waals surface area contributed by atoms with Crippen LogP contribution in [0.25, 0.3) is 0 Å². The van der Waals surface area contributed by atoms with Gasteiger partial charge in [-0.3, -0.25) is 9.78 Å². The van der Waals surface area contributed by atoms with Gasteiger partial charge in [-0.1, -0.05) is 6.07 Å². The number of hydrogen-bond donors (Lipinski definition) is 0. The van der Waals surface area contributed by atoms with Gasteiger partial charge in [0.25, 0.3) is 0 Å². The van der Waals surface area contributed by atoms with E-state index in [0.717, 1.165) is 5.56 Å². The number of carbonyl (C=O) groups excluding carboxylic acids is 2. The zero-order valence-corrected chi connectivity index (χ0v) is 12.0. The van der Waals surface area contributed by atoms with Gasteiger partial charge in [0.2, 0.25) is 0 Å². The summed E-state index contributed by atoms with van der Waals surface area (Å²) in [5, 5.41) is 0. The van der Waals surface area contributed by atoms with Gasteiger partial charge in [0.05, 0.1) is 25.3 Å². The van der Waals surface area contributed by atoms with Crippen molar-refractivity contribution in [2.75, 3.05) is 14.2 Å². The molecule has 0 saturated heterocycles. The van der Waals surface area contributed by atoms with Gasteiger partial charge in [-0.15, -0.1) is 0 Å². The van der Waals surface area contributed by atoms with Crippen LogP contribution in [0.2, 0.25) is 0 Å². The van der Waals surface area contributed by atoms with Gasteiger partial charge in [0.15, 0.2) is 5.78 Å². The molecule has 1 heterocycles. The van der Waals surface area contributed by atoms with Gasteiger partial charge >= 0.3 is 5.97 Å². The van der Waals surface area contributed by atoms with Gasteiger partial charge in [0.1, 0.15) is 5.75 Å². The first-order chi connectivity index (χ1) is 10.1. The standard InChI is InChI=1S/C16H15NO4/c1-10-4-5-12(14(8-10)20-2)15(18)11-6-7-17-9-13(11)16(19)21-3/h4-9H,1-3H3. The van der Waals surface area contributed by atoms with Crippen molar-refractivity contribution in [2.45, 2.75) is 6.92 Å². The molecular weight excluding hydrogens is 270 g/mol. The summed E-state index contributed by atoms with van der Waals surface area (Å²) in [4.78, 5) is 28.3. The summed E-state index contributed by atoms with van der Waals surface area (Å²) < 4.78 is 9.92. The fraction of sp³-hybridized carbons (Fsp3) is 0.188. The van der Waals surface area contributed by atoms with Crippen LogP contribution in [0.1, 0.15) is 31.8 Å². The molecule has 1 aromatic heterocycles. The van der Waals surface area contributed by atoms with Crippen LogP contribution in [0.3, 0.4) is 0 Å². The highest BCUT2D eigenvalue weighted by Crippen LogP contribution is 2.24. The highest BCUT2D eigenvalue weighted by Gasteiger charge is 2.21. The van der Waals surface area contributed by atoms with Crippen LogP contribution in [0, 0.1) is 6.92 Å². The van der Waals surface area contributed by atoms with Gasteiger partial charge in [0, 0.05) is 18.0 Å². The Morgan fingerprint density at radius 1 is 1.05 bits per heavy atom. The number of aromatic nitrogens is 1. The largest absolute Gasteiger partial charge is 0.496 e. The molecular formula is C16H15NO4. The number of benzene rings is 1. The third-order valence-corrected chi connectivity index (χ3v) is 3.07. The molecule has 1 aromatic carbocycles. The monoisotopic (exact) mass is 285 g/mol. The second kappa shape index (κ2) is 6.17. The second-order valence-electron chi connectivity index (χ2n) is 4.45. The second-order valence-corrected chi connectivity index (χ2v) is 4.45. The summed E-state index contributed by atoms with van der Waals surface area (Å²) in [5.74, 6) is -0.445. The number of nitrogens with zero attached hydrogens (tertiary/aromatic N) is 1. The van der Waals surface area contributed by atoms with E-state index in [0.29, 0.717) is 11.3 Å². The van der Waals surface area contributed by atoms with E-state index in [1.54, 1.807) is 12.1 Å². The number of hydrogen-bond acceptors (Lipinski definition) is 5. The van der Waals surface area contributed by atoms with Crippen LogP contribution in [0.15, 0.2) is 36.7 Å². The van der Waals surface area contributed by atoms with Crippen molar-refractivity contribution >= 4 is 11.8 Å². The Morgan fingerprint density at radius 3 is 2.48 bits per heavy atom. The number of aryl methyl sites for hydroxylation is 1. The molecule has 0 aliphatic carbocycles. The van der Waals surface area contributed by atoms with Crippen molar-refractivity contribution in [1.82, 2.24) is 4.98 Å². The molecule has 5 nitrogen and oxygen atoms in total. The van der Waals surface area contributed by atoms with E-state index in [4.69, 9.17) is 4.74 Å². The molecule has 21 heavy (non-hydrogen) atoms. The Bertz CT molecular complexity index is 694. The smallest absolute Gasteiger partial charge is 0.340 e. The molecule has 2 aromatic rings. The van der Waals surface area contributed by atoms with Crippen molar-refractivity contribution in [3.05, 3.63) is 58.9 Å². The fourth-order valence-corrected chi connectivity index (χ4v) is 2.00. The molecule has 0 fully saturated rings. The lowest BCUT2D eigenvalue weighted by Crippen LogP contribution is -2.12. The number of methoxy groups -OCH3 is 2.